The first kappa shape index (κ1) is 21.3. The number of hydrogen-bond acceptors (Lipinski definition) is 3. The highest BCUT2D eigenvalue weighted by molar-refractivity contribution is 7.89. The molecule has 0 unspecified atom stereocenters. The highest BCUT2D eigenvalue weighted by Gasteiger charge is 2.36. The molecule has 0 bridgehead atoms. The first-order valence-electron chi connectivity index (χ1n) is 8.07. The van der Waals surface area contributed by atoms with Gasteiger partial charge in [-0.05, 0) is 37.9 Å². The van der Waals surface area contributed by atoms with Crippen molar-refractivity contribution in [2.24, 2.45) is 0 Å². The number of sulfonamides is 1. The molecular formula is C18H20F4N2O2S. The Morgan fingerprint density at radius 3 is 2.15 bits per heavy atom. The molecule has 9 heteroatoms. The fourth-order valence-corrected chi connectivity index (χ4v) is 3.86. The van der Waals surface area contributed by atoms with Crippen LogP contribution < -0.4 is 0 Å². The molecule has 0 N–H and O–H groups in total. The standard InChI is InChI=1S/C18H20F4N2O2S/c1-23(2)10-11-24(13-14-6-4-3-5-7-14)27(25,26)15-8-9-17(19)16(12-15)18(20,21)22/h3-9,12H,10-11,13H2,1-2H3. The van der Waals surface area contributed by atoms with Crippen molar-refractivity contribution in [2.45, 2.75) is 17.6 Å². The van der Waals surface area contributed by atoms with Gasteiger partial charge in [-0.3, -0.25) is 0 Å². The third-order valence-electron chi connectivity index (χ3n) is 3.88. The van der Waals surface area contributed by atoms with E-state index in [-0.39, 0.29) is 13.1 Å². The number of likely N-dealkylation sites (N-methyl/N-ethyl adjacent to an activating group) is 1. The number of benzene rings is 2. The summed E-state index contributed by atoms with van der Waals surface area (Å²) in [6.07, 6.45) is -4.98. The molecule has 2 aromatic rings. The van der Waals surface area contributed by atoms with Crippen LogP contribution in [0.25, 0.3) is 0 Å². The van der Waals surface area contributed by atoms with Crippen molar-refractivity contribution in [3.63, 3.8) is 0 Å². The molecule has 0 heterocycles. The van der Waals surface area contributed by atoms with Crippen molar-refractivity contribution in [2.75, 3.05) is 27.2 Å². The molecular weight excluding hydrogens is 384 g/mol. The number of hydrogen-bond donors (Lipinski definition) is 0. The van der Waals surface area contributed by atoms with Crippen LogP contribution in [0.3, 0.4) is 0 Å². The van der Waals surface area contributed by atoms with Gasteiger partial charge in [0.2, 0.25) is 10.0 Å². The van der Waals surface area contributed by atoms with Crippen molar-refractivity contribution in [1.82, 2.24) is 9.21 Å². The molecule has 2 aromatic carbocycles. The summed E-state index contributed by atoms with van der Waals surface area (Å²) in [6, 6.07) is 10.4. The fourth-order valence-electron chi connectivity index (χ4n) is 2.41. The number of nitrogens with zero attached hydrogens (tertiary/aromatic N) is 2. The van der Waals surface area contributed by atoms with E-state index < -0.39 is 32.5 Å². The number of halogens is 4. The first-order valence-corrected chi connectivity index (χ1v) is 9.51. The predicted molar refractivity (Wildman–Crippen MR) is 94.0 cm³/mol. The van der Waals surface area contributed by atoms with E-state index in [1.54, 1.807) is 49.3 Å². The number of alkyl halides is 3. The van der Waals surface area contributed by atoms with E-state index in [1.807, 2.05) is 0 Å². The monoisotopic (exact) mass is 404 g/mol. The van der Waals surface area contributed by atoms with Crippen molar-refractivity contribution >= 4 is 10.0 Å². The fraction of sp³-hybridized carbons (Fsp3) is 0.333. The maximum Gasteiger partial charge on any atom is 0.419 e. The van der Waals surface area contributed by atoms with E-state index in [4.69, 9.17) is 0 Å². The van der Waals surface area contributed by atoms with Gasteiger partial charge in [0.25, 0.3) is 0 Å². The third kappa shape index (κ3) is 5.50. The lowest BCUT2D eigenvalue weighted by molar-refractivity contribution is -0.140. The van der Waals surface area contributed by atoms with Gasteiger partial charge in [0.05, 0.1) is 10.5 Å². The zero-order valence-electron chi connectivity index (χ0n) is 14.9. The van der Waals surface area contributed by atoms with Crippen molar-refractivity contribution < 1.29 is 26.0 Å². The van der Waals surface area contributed by atoms with Crippen molar-refractivity contribution in [3.8, 4) is 0 Å². The Bertz CT molecular complexity index is 869. The van der Waals surface area contributed by atoms with Crippen LogP contribution in [0.5, 0.6) is 0 Å². The van der Waals surface area contributed by atoms with Gasteiger partial charge in [0, 0.05) is 19.6 Å². The molecule has 0 fully saturated rings. The lowest BCUT2D eigenvalue weighted by atomic mass is 10.2. The van der Waals surface area contributed by atoms with Crippen molar-refractivity contribution in [3.05, 3.63) is 65.5 Å². The average molecular weight is 404 g/mol. The van der Waals surface area contributed by atoms with Crippen LogP contribution >= 0.6 is 0 Å². The van der Waals surface area contributed by atoms with Gasteiger partial charge in [-0.25, -0.2) is 12.8 Å². The molecule has 0 aromatic heterocycles. The minimum atomic E-state index is -4.98. The molecule has 2 rings (SSSR count). The molecule has 0 aliphatic carbocycles. The summed E-state index contributed by atoms with van der Waals surface area (Å²) >= 11 is 0. The summed E-state index contributed by atoms with van der Waals surface area (Å²) < 4.78 is 79.4. The summed E-state index contributed by atoms with van der Waals surface area (Å²) in [5.74, 6) is -1.51. The molecule has 4 nitrogen and oxygen atoms in total. The van der Waals surface area contributed by atoms with Gasteiger partial charge in [0.1, 0.15) is 5.82 Å². The van der Waals surface area contributed by atoms with Crippen LogP contribution in [-0.4, -0.2) is 44.8 Å². The summed E-state index contributed by atoms with van der Waals surface area (Å²) in [4.78, 5) is 1.17. The SMILES string of the molecule is CN(C)CCN(Cc1ccccc1)S(=O)(=O)c1ccc(F)c(C(F)(F)F)c1. The normalized spacial score (nSPS) is 12.7. The molecule has 0 amide bonds. The Kier molecular flexibility index (Phi) is 6.61. The second-order valence-corrected chi connectivity index (χ2v) is 8.20. The van der Waals surface area contributed by atoms with E-state index in [0.717, 1.165) is 10.4 Å². The summed E-state index contributed by atoms with van der Waals surface area (Å²) in [5.41, 5.74) is -0.908. The van der Waals surface area contributed by atoms with Crippen LogP contribution in [-0.2, 0) is 22.7 Å². The lowest BCUT2D eigenvalue weighted by Gasteiger charge is -2.24. The van der Waals surface area contributed by atoms with E-state index in [2.05, 4.69) is 0 Å². The minimum absolute atomic E-state index is 0.00423. The average Bonchev–Trinajstić information content (AvgIpc) is 2.58. The molecule has 0 saturated heterocycles. The molecule has 27 heavy (non-hydrogen) atoms. The van der Waals surface area contributed by atoms with Crippen LogP contribution in [0.2, 0.25) is 0 Å². The Labute approximate surface area is 156 Å². The summed E-state index contributed by atoms with van der Waals surface area (Å²) in [7, 11) is -0.741. The van der Waals surface area contributed by atoms with E-state index >= 15 is 0 Å². The van der Waals surface area contributed by atoms with Gasteiger partial charge in [-0.1, -0.05) is 30.3 Å². The van der Waals surface area contributed by atoms with E-state index in [9.17, 15) is 26.0 Å². The van der Waals surface area contributed by atoms with Gasteiger partial charge >= 0.3 is 6.18 Å². The smallest absolute Gasteiger partial charge is 0.308 e. The Morgan fingerprint density at radius 1 is 0.963 bits per heavy atom. The van der Waals surface area contributed by atoms with E-state index in [1.165, 1.54) is 0 Å². The first-order chi connectivity index (χ1) is 12.5. The molecule has 0 saturated carbocycles. The van der Waals surface area contributed by atoms with Gasteiger partial charge in [-0.15, -0.1) is 0 Å². The maximum atomic E-state index is 13.5. The van der Waals surface area contributed by atoms with Crippen LogP contribution in [0.1, 0.15) is 11.1 Å². The highest BCUT2D eigenvalue weighted by Crippen LogP contribution is 2.33. The van der Waals surface area contributed by atoms with Crippen LogP contribution in [0.15, 0.2) is 53.4 Å². The molecule has 0 spiro atoms. The summed E-state index contributed by atoms with van der Waals surface area (Å²) in [6.45, 7) is 0.443. The maximum absolute atomic E-state index is 13.5. The van der Waals surface area contributed by atoms with E-state index in [0.29, 0.717) is 24.2 Å². The second-order valence-electron chi connectivity index (χ2n) is 6.27. The largest absolute Gasteiger partial charge is 0.419 e. The molecule has 0 radical (unpaired) electrons. The lowest BCUT2D eigenvalue weighted by Crippen LogP contribution is -2.36. The molecule has 0 aliphatic rings. The quantitative estimate of drug-likeness (QED) is 0.662. The van der Waals surface area contributed by atoms with Gasteiger partial charge in [0.15, 0.2) is 0 Å². The Morgan fingerprint density at radius 2 is 1.59 bits per heavy atom. The van der Waals surface area contributed by atoms with Gasteiger partial charge < -0.3 is 4.90 Å². The zero-order valence-corrected chi connectivity index (χ0v) is 15.7. The third-order valence-corrected chi connectivity index (χ3v) is 5.72. The zero-order chi connectivity index (χ0) is 20.2. The Balaban J connectivity index is 2.43. The van der Waals surface area contributed by atoms with Crippen LogP contribution in [0, 0.1) is 5.82 Å². The Hall–Kier alpha value is -1.97. The van der Waals surface area contributed by atoms with Gasteiger partial charge in [-0.2, -0.15) is 17.5 Å². The highest BCUT2D eigenvalue weighted by atomic mass is 32.2. The van der Waals surface area contributed by atoms with Crippen LogP contribution in [0.4, 0.5) is 17.6 Å². The topological polar surface area (TPSA) is 40.6 Å². The predicted octanol–water partition coefficient (Wildman–Crippen LogP) is 3.60. The minimum Gasteiger partial charge on any atom is -0.308 e. The second kappa shape index (κ2) is 8.37. The molecule has 148 valence electrons. The molecule has 0 atom stereocenters. The van der Waals surface area contributed by atoms with Crippen molar-refractivity contribution in [1.29, 1.82) is 0 Å². The number of rotatable bonds is 7. The summed E-state index contributed by atoms with van der Waals surface area (Å²) in [5, 5.41) is 0. The molecule has 0 aliphatic heterocycles.